The van der Waals surface area contributed by atoms with Crippen molar-refractivity contribution in [1.29, 1.82) is 10.7 Å². The Hall–Kier alpha value is -3.07. The van der Waals surface area contributed by atoms with Crippen LogP contribution in [-0.2, 0) is 0 Å². The molecule has 0 amide bonds. The molecule has 19 heavy (non-hydrogen) atoms. The molecule has 0 atom stereocenters. The summed E-state index contributed by atoms with van der Waals surface area (Å²) >= 11 is 0. The van der Waals surface area contributed by atoms with Gasteiger partial charge in [-0.15, -0.1) is 0 Å². The fourth-order valence-corrected chi connectivity index (χ4v) is 1.64. The zero-order valence-electron chi connectivity index (χ0n) is 9.88. The molecule has 2 rings (SSSR count). The van der Waals surface area contributed by atoms with Crippen LogP contribution in [0, 0.1) is 16.7 Å². The Morgan fingerprint density at radius 1 is 1.26 bits per heavy atom. The Kier molecular flexibility index (Phi) is 3.30. The number of phenols is 1. The normalized spacial score (nSPS) is 11.0. The number of hydrogen-bond donors (Lipinski definition) is 4. The van der Waals surface area contributed by atoms with Crippen LogP contribution in [0.5, 0.6) is 5.75 Å². The maximum Gasteiger partial charge on any atom is 0.201 e. The number of benzene rings is 2. The Morgan fingerprint density at radius 2 is 1.95 bits per heavy atom. The van der Waals surface area contributed by atoms with Crippen molar-refractivity contribution < 1.29 is 5.11 Å². The van der Waals surface area contributed by atoms with Crippen molar-refractivity contribution >= 4 is 28.0 Å². The average molecular weight is 253 g/mol. The molecule has 0 fully saturated rings. The molecule has 0 aromatic heterocycles. The molecule has 5 N–H and O–H groups in total. The van der Waals surface area contributed by atoms with E-state index in [1.54, 1.807) is 18.2 Å². The summed E-state index contributed by atoms with van der Waals surface area (Å²) in [4.78, 5) is 0. The highest BCUT2D eigenvalue weighted by atomic mass is 16.3. The van der Waals surface area contributed by atoms with Gasteiger partial charge >= 0.3 is 0 Å². The van der Waals surface area contributed by atoms with Gasteiger partial charge < -0.3 is 10.8 Å². The fourth-order valence-electron chi connectivity index (χ4n) is 1.64. The van der Waals surface area contributed by atoms with Crippen molar-refractivity contribution in [3.8, 4) is 11.8 Å². The van der Waals surface area contributed by atoms with Gasteiger partial charge in [0.2, 0.25) is 5.71 Å². The van der Waals surface area contributed by atoms with E-state index in [1.807, 2.05) is 18.2 Å². The summed E-state index contributed by atoms with van der Waals surface area (Å²) < 4.78 is 0. The number of anilines is 1. The Balaban J connectivity index is 2.45. The second kappa shape index (κ2) is 5.06. The summed E-state index contributed by atoms with van der Waals surface area (Å²) in [6, 6.07) is 12.1. The van der Waals surface area contributed by atoms with Crippen LogP contribution < -0.4 is 11.2 Å². The largest absolute Gasteiger partial charge is 0.507 e. The first-order valence-electron chi connectivity index (χ1n) is 5.42. The third kappa shape index (κ3) is 2.45. The second-order valence-corrected chi connectivity index (χ2v) is 3.78. The van der Waals surface area contributed by atoms with Crippen molar-refractivity contribution in [1.82, 2.24) is 0 Å². The monoisotopic (exact) mass is 253 g/mol. The summed E-state index contributed by atoms with van der Waals surface area (Å²) in [6.07, 6.45) is 0. The number of aromatic hydroxyl groups is 1. The first-order chi connectivity index (χ1) is 9.13. The van der Waals surface area contributed by atoms with E-state index in [4.69, 9.17) is 16.4 Å². The van der Waals surface area contributed by atoms with Gasteiger partial charge in [0.1, 0.15) is 11.8 Å². The number of nitrogens with zero attached hydrogens (tertiary/aromatic N) is 2. The van der Waals surface area contributed by atoms with Gasteiger partial charge in [-0.25, -0.2) is 0 Å². The molecule has 0 heterocycles. The molecule has 0 aliphatic rings. The minimum absolute atomic E-state index is 0.164. The van der Waals surface area contributed by atoms with Crippen LogP contribution in [0.2, 0.25) is 0 Å². The lowest BCUT2D eigenvalue weighted by molar-refractivity contribution is 0.481. The predicted molar refractivity (Wildman–Crippen MR) is 74.2 cm³/mol. The highest BCUT2D eigenvalue weighted by Gasteiger charge is 2.05. The molecular formula is C13H11N5O. The van der Waals surface area contributed by atoms with E-state index >= 15 is 0 Å². The summed E-state index contributed by atoms with van der Waals surface area (Å²) in [7, 11) is 0. The van der Waals surface area contributed by atoms with Gasteiger partial charge in [-0.2, -0.15) is 10.4 Å². The Labute approximate surface area is 109 Å². The van der Waals surface area contributed by atoms with Gasteiger partial charge in [-0.1, -0.05) is 24.3 Å². The molecule has 0 aliphatic heterocycles. The SMILES string of the molecule is N#C/C(=N\Nc1ccc(O)c2ccccc12)C(=N)N. The molecular weight excluding hydrogens is 242 g/mol. The molecule has 0 bridgehead atoms. The molecule has 94 valence electrons. The van der Waals surface area contributed by atoms with Crippen molar-refractivity contribution in [2.24, 2.45) is 10.8 Å². The van der Waals surface area contributed by atoms with E-state index in [0.717, 1.165) is 5.39 Å². The van der Waals surface area contributed by atoms with Gasteiger partial charge in [0.25, 0.3) is 0 Å². The quantitative estimate of drug-likeness (QED) is 0.288. The average Bonchev–Trinajstić information content (AvgIpc) is 2.42. The van der Waals surface area contributed by atoms with Crippen LogP contribution in [0.15, 0.2) is 41.5 Å². The summed E-state index contributed by atoms with van der Waals surface area (Å²) in [5.74, 6) is -0.240. The van der Waals surface area contributed by atoms with E-state index in [0.29, 0.717) is 11.1 Å². The summed E-state index contributed by atoms with van der Waals surface area (Å²) in [6.45, 7) is 0. The zero-order valence-corrected chi connectivity index (χ0v) is 9.88. The number of hydrogen-bond acceptors (Lipinski definition) is 5. The van der Waals surface area contributed by atoms with Gasteiger partial charge in [0, 0.05) is 10.8 Å². The Bertz CT molecular complexity index is 715. The van der Waals surface area contributed by atoms with Gasteiger partial charge in [-0.3, -0.25) is 10.8 Å². The number of nitrogens with one attached hydrogen (secondary N) is 2. The highest BCUT2D eigenvalue weighted by molar-refractivity contribution is 6.45. The summed E-state index contributed by atoms with van der Waals surface area (Å²) in [5.41, 5.74) is 8.30. The lowest BCUT2D eigenvalue weighted by Gasteiger charge is -2.07. The van der Waals surface area contributed by atoms with E-state index in [-0.39, 0.29) is 11.5 Å². The number of rotatable bonds is 3. The smallest absolute Gasteiger partial charge is 0.201 e. The molecule has 0 spiro atoms. The van der Waals surface area contributed by atoms with E-state index in [9.17, 15) is 5.11 Å². The number of phenolic OH excluding ortho intramolecular Hbond substituents is 1. The molecule has 0 saturated carbocycles. The molecule has 0 aliphatic carbocycles. The Morgan fingerprint density at radius 3 is 2.58 bits per heavy atom. The maximum absolute atomic E-state index is 9.74. The third-order valence-electron chi connectivity index (χ3n) is 2.55. The van der Waals surface area contributed by atoms with E-state index in [2.05, 4.69) is 10.5 Å². The first kappa shape index (κ1) is 12.4. The molecule has 6 nitrogen and oxygen atoms in total. The number of hydrazone groups is 1. The number of nitriles is 1. The van der Waals surface area contributed by atoms with Crippen LogP contribution in [0.4, 0.5) is 5.69 Å². The van der Waals surface area contributed by atoms with E-state index < -0.39 is 5.84 Å². The maximum atomic E-state index is 9.74. The third-order valence-corrected chi connectivity index (χ3v) is 2.55. The van der Waals surface area contributed by atoms with E-state index in [1.165, 1.54) is 6.07 Å². The molecule has 6 heteroatoms. The van der Waals surface area contributed by atoms with Crippen LogP contribution in [0.1, 0.15) is 0 Å². The predicted octanol–water partition coefficient (Wildman–Crippen LogP) is 1.77. The fraction of sp³-hybridized carbons (Fsp3) is 0. The summed E-state index contributed by atoms with van der Waals surface area (Å²) in [5, 5.41) is 30.8. The number of fused-ring (bicyclic) bond motifs is 1. The molecule has 0 saturated heterocycles. The van der Waals surface area contributed by atoms with Crippen LogP contribution >= 0.6 is 0 Å². The minimum atomic E-state index is -0.405. The number of amidine groups is 1. The molecule has 2 aromatic carbocycles. The topological polar surface area (TPSA) is 118 Å². The van der Waals surface area contributed by atoms with Crippen molar-refractivity contribution in [2.75, 3.05) is 5.43 Å². The molecule has 2 aromatic rings. The van der Waals surface area contributed by atoms with Crippen molar-refractivity contribution in [2.45, 2.75) is 0 Å². The standard InChI is InChI=1S/C13H11N5O/c14-7-11(13(15)16)18-17-10-5-6-12(19)9-4-2-1-3-8(9)10/h1-6,17,19H,(H3,15,16)/b18-11+. The van der Waals surface area contributed by atoms with Gasteiger partial charge in [-0.05, 0) is 12.1 Å². The number of nitrogens with two attached hydrogens (primary N) is 1. The second-order valence-electron chi connectivity index (χ2n) is 3.78. The lowest BCUT2D eigenvalue weighted by atomic mass is 10.1. The first-order valence-corrected chi connectivity index (χ1v) is 5.42. The minimum Gasteiger partial charge on any atom is -0.507 e. The molecule has 0 radical (unpaired) electrons. The van der Waals surface area contributed by atoms with Crippen LogP contribution in [0.25, 0.3) is 10.8 Å². The van der Waals surface area contributed by atoms with Crippen molar-refractivity contribution in [3.63, 3.8) is 0 Å². The van der Waals surface area contributed by atoms with Gasteiger partial charge in [0.15, 0.2) is 5.84 Å². The van der Waals surface area contributed by atoms with Crippen molar-refractivity contribution in [3.05, 3.63) is 36.4 Å². The van der Waals surface area contributed by atoms with Crippen LogP contribution in [0.3, 0.4) is 0 Å². The zero-order chi connectivity index (χ0) is 13.8. The highest BCUT2D eigenvalue weighted by Crippen LogP contribution is 2.30. The lowest BCUT2D eigenvalue weighted by Crippen LogP contribution is -2.21. The van der Waals surface area contributed by atoms with Gasteiger partial charge in [0.05, 0.1) is 5.69 Å². The molecule has 0 unspecified atom stereocenters. The van der Waals surface area contributed by atoms with Crippen LogP contribution in [-0.4, -0.2) is 16.7 Å².